The average molecular weight is 463 g/mol. The van der Waals surface area contributed by atoms with Crippen LogP contribution in [0.4, 0.5) is 0 Å². The van der Waals surface area contributed by atoms with E-state index in [1.54, 1.807) is 54.6 Å². The van der Waals surface area contributed by atoms with E-state index < -0.39 is 17.2 Å². The number of ether oxygens (including phenoxy) is 1. The molecular weight excluding hydrogens is 451 g/mol. The van der Waals surface area contributed by atoms with Gasteiger partial charge in [-0.1, -0.05) is 53.5 Å². The van der Waals surface area contributed by atoms with E-state index in [-0.39, 0.29) is 11.1 Å². The molecule has 6 rings (SSSR count). The van der Waals surface area contributed by atoms with Gasteiger partial charge in [-0.05, 0) is 42.0 Å². The molecule has 0 saturated carbocycles. The molecule has 0 amide bonds. The minimum atomic E-state index is -0.861. The first-order chi connectivity index (χ1) is 15.5. The van der Waals surface area contributed by atoms with Crippen LogP contribution >= 0.6 is 23.2 Å². The molecule has 0 fully saturated rings. The van der Waals surface area contributed by atoms with Gasteiger partial charge in [0.15, 0.2) is 0 Å². The van der Waals surface area contributed by atoms with Gasteiger partial charge in [-0.25, -0.2) is 9.59 Å². The molecule has 156 valence electrons. The molecule has 5 aromatic rings. The summed E-state index contributed by atoms with van der Waals surface area (Å²) in [4.78, 5) is 26.4. The monoisotopic (exact) mass is 462 g/mol. The second-order valence-electron chi connectivity index (χ2n) is 7.46. The summed E-state index contributed by atoms with van der Waals surface area (Å²) >= 11 is 12.7. The van der Waals surface area contributed by atoms with Crippen LogP contribution < -0.4 is 16.0 Å². The quantitative estimate of drug-likeness (QED) is 0.261. The molecule has 0 unspecified atom stereocenters. The minimum absolute atomic E-state index is 0.183. The summed E-state index contributed by atoms with van der Waals surface area (Å²) in [7, 11) is 0. The number of hydrogen-bond acceptors (Lipinski definition) is 5. The first-order valence-corrected chi connectivity index (χ1v) is 10.5. The van der Waals surface area contributed by atoms with Crippen molar-refractivity contribution in [2.75, 3.05) is 0 Å². The van der Waals surface area contributed by atoms with E-state index in [9.17, 15) is 9.59 Å². The first-order valence-electron chi connectivity index (χ1n) is 9.77. The van der Waals surface area contributed by atoms with Crippen LogP contribution in [0.5, 0.6) is 11.5 Å². The highest BCUT2D eigenvalue weighted by atomic mass is 35.5. The Morgan fingerprint density at radius 3 is 1.75 bits per heavy atom. The van der Waals surface area contributed by atoms with E-state index in [0.717, 1.165) is 0 Å². The Hall–Kier alpha value is -3.54. The molecule has 0 aliphatic carbocycles. The minimum Gasteiger partial charge on any atom is -0.455 e. The Bertz CT molecular complexity index is 1580. The topological polar surface area (TPSA) is 69.7 Å². The zero-order valence-corrected chi connectivity index (χ0v) is 17.7. The number of halogens is 2. The lowest BCUT2D eigenvalue weighted by molar-refractivity contribution is 0.429. The van der Waals surface area contributed by atoms with E-state index in [2.05, 4.69) is 0 Å². The summed E-state index contributed by atoms with van der Waals surface area (Å²) in [6, 6.07) is 19.1. The van der Waals surface area contributed by atoms with Crippen molar-refractivity contribution in [3.8, 4) is 11.5 Å². The lowest BCUT2D eigenvalue weighted by Crippen LogP contribution is -2.26. The molecule has 0 spiro atoms. The summed E-state index contributed by atoms with van der Waals surface area (Å²) in [5.41, 5.74) is 0.416. The molecular formula is C25H12Cl2O5. The average Bonchev–Trinajstić information content (AvgIpc) is 2.78. The molecule has 1 aliphatic heterocycles. The fourth-order valence-corrected chi connectivity index (χ4v) is 4.80. The fourth-order valence-electron chi connectivity index (χ4n) is 4.28. The SMILES string of the molecule is O=c1oc2ccccc2c2c1C(c1ccc(Cl)cc1Cl)c1c(c3ccccc3oc1=O)O2. The van der Waals surface area contributed by atoms with Crippen molar-refractivity contribution in [1.29, 1.82) is 0 Å². The van der Waals surface area contributed by atoms with Crippen LogP contribution in [0.2, 0.25) is 10.0 Å². The standard InChI is InChI=1S/C25H12Cl2O5/c26-12-9-10-13(16(27)11-12)19-20-22(14-5-1-3-7-17(14)30-24(20)28)32-23-15-6-2-4-8-18(15)31-25(29)21(19)23/h1-11,19H. The van der Waals surface area contributed by atoms with Crippen LogP contribution in [0.15, 0.2) is 85.2 Å². The van der Waals surface area contributed by atoms with Crippen molar-refractivity contribution in [3.05, 3.63) is 114 Å². The van der Waals surface area contributed by atoms with Crippen LogP contribution in [0.1, 0.15) is 22.6 Å². The van der Waals surface area contributed by atoms with Crippen LogP contribution in [0.3, 0.4) is 0 Å². The molecule has 3 aromatic carbocycles. The van der Waals surface area contributed by atoms with E-state index in [0.29, 0.717) is 49.0 Å². The lowest BCUT2D eigenvalue weighted by Gasteiger charge is -2.28. The number of hydrogen-bond donors (Lipinski definition) is 0. The van der Waals surface area contributed by atoms with Gasteiger partial charge >= 0.3 is 11.3 Å². The normalized spacial score (nSPS) is 13.1. The van der Waals surface area contributed by atoms with Gasteiger partial charge in [0, 0.05) is 10.0 Å². The maximum Gasteiger partial charge on any atom is 0.344 e. The van der Waals surface area contributed by atoms with E-state index in [4.69, 9.17) is 36.8 Å². The third-order valence-electron chi connectivity index (χ3n) is 5.65. The van der Waals surface area contributed by atoms with Gasteiger partial charge in [-0.3, -0.25) is 0 Å². The molecule has 3 heterocycles. The maximum atomic E-state index is 13.2. The van der Waals surface area contributed by atoms with Crippen molar-refractivity contribution in [2.24, 2.45) is 0 Å². The van der Waals surface area contributed by atoms with E-state index in [1.165, 1.54) is 0 Å². The molecule has 0 saturated heterocycles. The number of para-hydroxylation sites is 2. The summed E-state index contributed by atoms with van der Waals surface area (Å²) in [6.45, 7) is 0. The first kappa shape index (κ1) is 19.2. The van der Waals surface area contributed by atoms with Crippen LogP contribution in [-0.2, 0) is 0 Å². The highest BCUT2D eigenvalue weighted by Crippen LogP contribution is 2.50. The smallest absolute Gasteiger partial charge is 0.344 e. The van der Waals surface area contributed by atoms with E-state index >= 15 is 0 Å². The van der Waals surface area contributed by atoms with Crippen LogP contribution in [0.25, 0.3) is 21.9 Å². The Labute approximate surface area is 190 Å². The van der Waals surface area contributed by atoms with Gasteiger partial charge in [-0.2, -0.15) is 0 Å². The van der Waals surface area contributed by atoms with E-state index in [1.807, 2.05) is 12.1 Å². The summed E-state index contributed by atoms with van der Waals surface area (Å²) in [5.74, 6) is -0.201. The molecule has 0 N–H and O–H groups in total. The summed E-state index contributed by atoms with van der Waals surface area (Å²) in [5, 5.41) is 1.96. The predicted octanol–water partition coefficient (Wildman–Crippen LogP) is 6.49. The molecule has 32 heavy (non-hydrogen) atoms. The molecule has 0 radical (unpaired) electrons. The molecule has 7 heteroatoms. The van der Waals surface area contributed by atoms with Crippen molar-refractivity contribution in [2.45, 2.75) is 5.92 Å². The Morgan fingerprint density at radius 2 is 1.22 bits per heavy atom. The Balaban J connectivity index is 1.81. The molecule has 0 bridgehead atoms. The van der Waals surface area contributed by atoms with Gasteiger partial charge in [0.05, 0.1) is 27.8 Å². The second kappa shape index (κ2) is 6.99. The fraction of sp³-hybridized carbons (Fsp3) is 0.0400. The highest BCUT2D eigenvalue weighted by molar-refractivity contribution is 6.35. The number of benzene rings is 3. The molecule has 5 nitrogen and oxygen atoms in total. The van der Waals surface area contributed by atoms with Crippen LogP contribution in [-0.4, -0.2) is 0 Å². The van der Waals surface area contributed by atoms with Gasteiger partial charge in [0.1, 0.15) is 22.7 Å². The summed E-state index contributed by atoms with van der Waals surface area (Å²) < 4.78 is 17.5. The third kappa shape index (κ3) is 2.72. The third-order valence-corrected chi connectivity index (χ3v) is 6.22. The second-order valence-corrected chi connectivity index (χ2v) is 8.30. The summed E-state index contributed by atoms with van der Waals surface area (Å²) in [6.07, 6.45) is 0. The zero-order chi connectivity index (χ0) is 22.0. The predicted molar refractivity (Wildman–Crippen MR) is 122 cm³/mol. The number of fused-ring (bicyclic) bond motifs is 6. The molecule has 2 aromatic heterocycles. The molecule has 0 atom stereocenters. The van der Waals surface area contributed by atoms with Crippen molar-refractivity contribution >= 4 is 45.1 Å². The lowest BCUT2D eigenvalue weighted by atomic mass is 9.83. The van der Waals surface area contributed by atoms with Crippen molar-refractivity contribution < 1.29 is 13.6 Å². The Kier molecular flexibility index (Phi) is 4.18. The van der Waals surface area contributed by atoms with Crippen molar-refractivity contribution in [1.82, 2.24) is 0 Å². The number of rotatable bonds is 1. The van der Waals surface area contributed by atoms with Crippen LogP contribution in [0, 0.1) is 0 Å². The van der Waals surface area contributed by atoms with Crippen molar-refractivity contribution in [3.63, 3.8) is 0 Å². The van der Waals surface area contributed by atoms with Gasteiger partial charge in [0.2, 0.25) is 0 Å². The molecule has 1 aliphatic rings. The zero-order valence-electron chi connectivity index (χ0n) is 16.2. The largest absolute Gasteiger partial charge is 0.455 e. The highest BCUT2D eigenvalue weighted by Gasteiger charge is 2.38. The Morgan fingerprint density at radius 1 is 0.688 bits per heavy atom. The van der Waals surface area contributed by atoms with Gasteiger partial charge in [0.25, 0.3) is 0 Å². The maximum absolute atomic E-state index is 13.2. The van der Waals surface area contributed by atoms with Gasteiger partial charge < -0.3 is 13.6 Å². The van der Waals surface area contributed by atoms with Gasteiger partial charge in [-0.15, -0.1) is 0 Å².